The number of nitrogens with zero attached hydrogens (tertiary/aromatic N) is 2. The van der Waals surface area contributed by atoms with Crippen molar-refractivity contribution in [2.45, 2.75) is 0 Å². The second-order valence-electron chi connectivity index (χ2n) is 4.13. The number of hydrogen-bond acceptors (Lipinski definition) is 4. The summed E-state index contributed by atoms with van der Waals surface area (Å²) in [6.45, 7) is 2.08. The van der Waals surface area contributed by atoms with E-state index in [0.717, 1.165) is 11.4 Å². The topological polar surface area (TPSA) is 75.9 Å². The minimum Gasteiger partial charge on any atom is -0.497 e. The van der Waals surface area contributed by atoms with E-state index in [0.29, 0.717) is 26.2 Å². The van der Waals surface area contributed by atoms with Gasteiger partial charge >= 0.3 is 0 Å². The largest absolute Gasteiger partial charge is 0.497 e. The Labute approximate surface area is 107 Å². The van der Waals surface area contributed by atoms with Crippen LogP contribution in [0, 0.1) is 0 Å². The van der Waals surface area contributed by atoms with Crippen LogP contribution in [-0.4, -0.2) is 46.0 Å². The van der Waals surface area contributed by atoms with Crippen LogP contribution in [0.1, 0.15) is 0 Å². The summed E-state index contributed by atoms with van der Waals surface area (Å²) in [7, 11) is -1.94. The van der Waals surface area contributed by atoms with Gasteiger partial charge in [-0.3, -0.25) is 0 Å². The Balaban J connectivity index is 2.05. The zero-order valence-corrected chi connectivity index (χ0v) is 11.1. The van der Waals surface area contributed by atoms with Gasteiger partial charge in [0.1, 0.15) is 5.75 Å². The van der Waals surface area contributed by atoms with E-state index in [1.807, 2.05) is 24.3 Å². The number of rotatable bonds is 3. The lowest BCUT2D eigenvalue weighted by Gasteiger charge is -2.34. The Morgan fingerprint density at radius 2 is 1.89 bits per heavy atom. The molecule has 0 aliphatic carbocycles. The predicted molar refractivity (Wildman–Crippen MR) is 69.9 cm³/mol. The molecule has 1 aromatic carbocycles. The van der Waals surface area contributed by atoms with Crippen molar-refractivity contribution in [3.05, 3.63) is 24.3 Å². The Morgan fingerprint density at radius 3 is 2.44 bits per heavy atom. The third kappa shape index (κ3) is 2.92. The van der Waals surface area contributed by atoms with Crippen LogP contribution in [0.4, 0.5) is 5.69 Å². The third-order valence-electron chi connectivity index (χ3n) is 3.02. The molecule has 1 aromatic rings. The molecule has 2 N–H and O–H groups in total. The number of piperazine rings is 1. The van der Waals surface area contributed by atoms with Gasteiger partial charge in [-0.1, -0.05) is 6.07 Å². The molecule has 1 fully saturated rings. The zero-order chi connectivity index (χ0) is 13.2. The summed E-state index contributed by atoms with van der Waals surface area (Å²) >= 11 is 0. The first-order valence-corrected chi connectivity index (χ1v) is 7.18. The maximum absolute atomic E-state index is 11.2. The van der Waals surface area contributed by atoms with Crippen molar-refractivity contribution in [3.8, 4) is 5.75 Å². The van der Waals surface area contributed by atoms with Gasteiger partial charge in [-0.25, -0.2) is 5.14 Å². The van der Waals surface area contributed by atoms with Gasteiger partial charge < -0.3 is 9.64 Å². The van der Waals surface area contributed by atoms with Crippen LogP contribution in [0.2, 0.25) is 0 Å². The summed E-state index contributed by atoms with van der Waals surface area (Å²) in [5.41, 5.74) is 1.03. The highest BCUT2D eigenvalue weighted by Gasteiger charge is 2.23. The summed E-state index contributed by atoms with van der Waals surface area (Å²) in [4.78, 5) is 2.12. The molecule has 100 valence electrons. The van der Waals surface area contributed by atoms with Gasteiger partial charge in [0.05, 0.1) is 7.11 Å². The standard InChI is InChI=1S/C11H17N3O3S/c1-17-11-4-2-3-10(9-11)13-5-7-14(8-6-13)18(12,15)16/h2-4,9H,5-8H2,1H3,(H2,12,15,16). The summed E-state index contributed by atoms with van der Waals surface area (Å²) in [5.74, 6) is 0.793. The van der Waals surface area contributed by atoms with Crippen molar-refractivity contribution >= 4 is 15.9 Å². The maximum Gasteiger partial charge on any atom is 0.277 e. The molecule has 0 amide bonds. The van der Waals surface area contributed by atoms with E-state index in [-0.39, 0.29) is 0 Å². The SMILES string of the molecule is COc1cccc(N2CCN(S(N)(=O)=O)CC2)c1. The molecule has 1 heterocycles. The van der Waals surface area contributed by atoms with E-state index < -0.39 is 10.2 Å². The van der Waals surface area contributed by atoms with Crippen molar-refractivity contribution in [2.75, 3.05) is 38.2 Å². The van der Waals surface area contributed by atoms with Crippen LogP contribution >= 0.6 is 0 Å². The molecule has 7 heteroatoms. The van der Waals surface area contributed by atoms with E-state index in [2.05, 4.69) is 4.90 Å². The smallest absolute Gasteiger partial charge is 0.277 e. The van der Waals surface area contributed by atoms with Gasteiger partial charge in [-0.05, 0) is 12.1 Å². The second kappa shape index (κ2) is 5.13. The molecule has 0 bridgehead atoms. The van der Waals surface area contributed by atoms with E-state index in [4.69, 9.17) is 9.88 Å². The van der Waals surface area contributed by atoms with Gasteiger partial charge in [0.2, 0.25) is 0 Å². The Kier molecular flexibility index (Phi) is 3.74. The van der Waals surface area contributed by atoms with Gasteiger partial charge in [-0.15, -0.1) is 0 Å². The van der Waals surface area contributed by atoms with Crippen molar-refractivity contribution in [2.24, 2.45) is 5.14 Å². The molecular weight excluding hydrogens is 254 g/mol. The number of ether oxygens (including phenoxy) is 1. The van der Waals surface area contributed by atoms with Crippen LogP contribution in [0.3, 0.4) is 0 Å². The first-order chi connectivity index (χ1) is 8.50. The summed E-state index contributed by atoms with van der Waals surface area (Å²) in [6, 6.07) is 7.71. The fraction of sp³-hybridized carbons (Fsp3) is 0.455. The van der Waals surface area contributed by atoms with E-state index in [1.54, 1.807) is 7.11 Å². The van der Waals surface area contributed by atoms with Gasteiger partial charge in [0, 0.05) is 37.9 Å². The van der Waals surface area contributed by atoms with Crippen molar-refractivity contribution in [1.29, 1.82) is 0 Å². The van der Waals surface area contributed by atoms with E-state index >= 15 is 0 Å². The first kappa shape index (κ1) is 13.1. The van der Waals surface area contributed by atoms with Gasteiger partial charge in [-0.2, -0.15) is 12.7 Å². The molecule has 1 aliphatic heterocycles. The summed E-state index contributed by atoms with van der Waals surface area (Å²) in [6.07, 6.45) is 0. The fourth-order valence-electron chi connectivity index (χ4n) is 2.01. The first-order valence-electron chi connectivity index (χ1n) is 5.67. The number of anilines is 1. The average molecular weight is 271 g/mol. The highest BCUT2D eigenvalue weighted by atomic mass is 32.2. The summed E-state index contributed by atoms with van der Waals surface area (Å²) < 4.78 is 28.9. The monoisotopic (exact) mass is 271 g/mol. The highest BCUT2D eigenvalue weighted by Crippen LogP contribution is 2.22. The van der Waals surface area contributed by atoms with Crippen molar-refractivity contribution in [3.63, 3.8) is 0 Å². The molecule has 2 rings (SSSR count). The second-order valence-corrected chi connectivity index (χ2v) is 5.68. The lowest BCUT2D eigenvalue weighted by Crippen LogP contribution is -2.50. The Bertz CT molecular complexity index is 510. The van der Waals surface area contributed by atoms with Crippen LogP contribution in [0.5, 0.6) is 5.75 Å². The Hall–Kier alpha value is -1.31. The molecular formula is C11H17N3O3S. The highest BCUT2D eigenvalue weighted by molar-refractivity contribution is 7.86. The molecule has 0 unspecified atom stereocenters. The normalized spacial score (nSPS) is 17.8. The minimum absolute atomic E-state index is 0.413. The van der Waals surface area contributed by atoms with Gasteiger partial charge in [0.15, 0.2) is 0 Å². The number of nitrogens with two attached hydrogens (primary N) is 1. The molecule has 0 aromatic heterocycles. The predicted octanol–water partition coefficient (Wildman–Crippen LogP) is 0.0207. The number of methoxy groups -OCH3 is 1. The van der Waals surface area contributed by atoms with E-state index in [1.165, 1.54) is 4.31 Å². The Morgan fingerprint density at radius 1 is 1.22 bits per heavy atom. The average Bonchev–Trinajstić information content (AvgIpc) is 2.38. The van der Waals surface area contributed by atoms with Crippen LogP contribution in [0.25, 0.3) is 0 Å². The van der Waals surface area contributed by atoms with Crippen molar-refractivity contribution < 1.29 is 13.2 Å². The fourth-order valence-corrected chi connectivity index (χ4v) is 2.68. The molecule has 1 aliphatic rings. The summed E-state index contributed by atoms with van der Waals surface area (Å²) in [5, 5.41) is 5.10. The lowest BCUT2D eigenvalue weighted by atomic mass is 10.2. The van der Waals surface area contributed by atoms with Crippen LogP contribution in [0.15, 0.2) is 24.3 Å². The zero-order valence-electron chi connectivity index (χ0n) is 10.2. The third-order valence-corrected chi connectivity index (χ3v) is 4.10. The number of benzene rings is 1. The van der Waals surface area contributed by atoms with E-state index in [9.17, 15) is 8.42 Å². The maximum atomic E-state index is 11.2. The lowest BCUT2D eigenvalue weighted by molar-refractivity contribution is 0.384. The molecule has 0 spiro atoms. The molecule has 1 saturated heterocycles. The quantitative estimate of drug-likeness (QED) is 0.841. The van der Waals surface area contributed by atoms with Crippen molar-refractivity contribution in [1.82, 2.24) is 4.31 Å². The number of hydrogen-bond donors (Lipinski definition) is 1. The molecule has 18 heavy (non-hydrogen) atoms. The van der Waals surface area contributed by atoms with Gasteiger partial charge in [0.25, 0.3) is 10.2 Å². The molecule has 0 radical (unpaired) electrons. The molecule has 0 saturated carbocycles. The minimum atomic E-state index is -3.56. The van der Waals surface area contributed by atoms with Crippen LogP contribution < -0.4 is 14.8 Å². The van der Waals surface area contributed by atoms with Crippen LogP contribution in [-0.2, 0) is 10.2 Å². The molecule has 0 atom stereocenters. The molecule has 6 nitrogen and oxygen atoms in total.